The van der Waals surface area contributed by atoms with Crippen LogP contribution in [-0.4, -0.2) is 27.4 Å². The van der Waals surface area contributed by atoms with E-state index >= 15 is 0 Å². The Morgan fingerprint density at radius 1 is 1.40 bits per heavy atom. The Balaban J connectivity index is 2.48. The molecule has 0 fully saturated rings. The molecule has 0 radical (unpaired) electrons. The highest BCUT2D eigenvalue weighted by Gasteiger charge is 2.13. The lowest BCUT2D eigenvalue weighted by molar-refractivity contribution is -0.119. The van der Waals surface area contributed by atoms with Gasteiger partial charge in [0.15, 0.2) is 0 Å². The number of nitrogens with one attached hydrogen (secondary N) is 2. The third-order valence-corrected chi connectivity index (χ3v) is 3.88. The van der Waals surface area contributed by atoms with Crippen LogP contribution in [0.25, 0.3) is 0 Å². The lowest BCUT2D eigenvalue weighted by Crippen LogP contribution is -2.37. The maximum atomic E-state index is 11.8. The van der Waals surface area contributed by atoms with Crippen molar-refractivity contribution < 1.29 is 13.2 Å². The molecule has 0 aliphatic heterocycles. The zero-order chi connectivity index (χ0) is 15.0. The van der Waals surface area contributed by atoms with E-state index in [1.807, 2.05) is 6.92 Å². The molecule has 0 saturated heterocycles. The van der Waals surface area contributed by atoms with Crippen LogP contribution in [0.15, 0.2) is 36.4 Å². The number of hydrogen-bond donors (Lipinski definition) is 2. The van der Waals surface area contributed by atoms with Crippen molar-refractivity contribution in [1.29, 1.82) is 0 Å². The molecular formula is C13H17ClN2O3S. The van der Waals surface area contributed by atoms with Crippen molar-refractivity contribution in [2.45, 2.75) is 12.7 Å². The second kappa shape index (κ2) is 8.04. The molecule has 2 N–H and O–H groups in total. The maximum Gasteiger partial charge on any atom is 0.235 e. The molecule has 0 spiro atoms. The van der Waals surface area contributed by atoms with E-state index in [4.69, 9.17) is 11.6 Å². The molecule has 1 aromatic rings. The van der Waals surface area contributed by atoms with Crippen LogP contribution in [0.5, 0.6) is 0 Å². The monoisotopic (exact) mass is 316 g/mol. The summed E-state index contributed by atoms with van der Waals surface area (Å²) in [6.45, 7) is 1.94. The summed E-state index contributed by atoms with van der Waals surface area (Å²) >= 11 is 5.79. The highest BCUT2D eigenvalue weighted by atomic mass is 35.5. The van der Waals surface area contributed by atoms with Gasteiger partial charge in [0.05, 0.1) is 12.3 Å². The Morgan fingerprint density at radius 2 is 2.15 bits per heavy atom. The van der Waals surface area contributed by atoms with Gasteiger partial charge in [-0.05, 0) is 24.6 Å². The van der Waals surface area contributed by atoms with Crippen LogP contribution in [0.3, 0.4) is 0 Å². The van der Waals surface area contributed by atoms with Gasteiger partial charge in [-0.3, -0.25) is 4.79 Å². The second-order valence-corrected chi connectivity index (χ2v) is 6.33. The summed E-state index contributed by atoms with van der Waals surface area (Å²) in [6.07, 6.45) is 3.56. The molecular weight excluding hydrogens is 300 g/mol. The third kappa shape index (κ3) is 6.70. The van der Waals surface area contributed by atoms with Crippen LogP contribution in [0, 0.1) is 0 Å². The standard InChI is InChI=1S/C13H17ClN2O3S/c1-2-3-7-15-13(17)9-16-20(18,19)10-11-5-4-6-12(14)8-11/h2-6,8,16H,7,9-10H2,1H3,(H,15,17). The topological polar surface area (TPSA) is 75.3 Å². The van der Waals surface area contributed by atoms with Crippen LogP contribution in [0.4, 0.5) is 0 Å². The molecule has 20 heavy (non-hydrogen) atoms. The fourth-order valence-corrected chi connectivity index (χ4v) is 2.71. The summed E-state index contributed by atoms with van der Waals surface area (Å²) in [5, 5.41) is 3.03. The average molecular weight is 317 g/mol. The number of carbonyl (C=O) groups is 1. The molecule has 0 unspecified atom stereocenters. The normalized spacial score (nSPS) is 11.7. The van der Waals surface area contributed by atoms with Crippen LogP contribution in [0.1, 0.15) is 12.5 Å². The van der Waals surface area contributed by atoms with E-state index in [2.05, 4.69) is 10.0 Å². The van der Waals surface area contributed by atoms with E-state index in [-0.39, 0.29) is 18.2 Å². The van der Waals surface area contributed by atoms with Gasteiger partial charge in [-0.25, -0.2) is 13.1 Å². The van der Waals surface area contributed by atoms with Crippen molar-refractivity contribution in [2.75, 3.05) is 13.1 Å². The van der Waals surface area contributed by atoms with Crippen molar-refractivity contribution >= 4 is 27.5 Å². The molecule has 0 atom stereocenters. The smallest absolute Gasteiger partial charge is 0.235 e. The molecule has 0 bridgehead atoms. The maximum absolute atomic E-state index is 11.8. The van der Waals surface area contributed by atoms with E-state index in [1.54, 1.807) is 36.4 Å². The molecule has 1 rings (SSSR count). The Hall–Kier alpha value is -1.37. The lowest BCUT2D eigenvalue weighted by Gasteiger charge is -2.07. The number of hydrogen-bond acceptors (Lipinski definition) is 3. The molecule has 0 aliphatic carbocycles. The van der Waals surface area contributed by atoms with Crippen LogP contribution >= 0.6 is 11.6 Å². The number of halogens is 1. The summed E-state index contributed by atoms with van der Waals surface area (Å²) in [5.74, 6) is -0.590. The van der Waals surface area contributed by atoms with Gasteiger partial charge in [-0.1, -0.05) is 35.9 Å². The number of allylic oxidation sites excluding steroid dienone is 1. The van der Waals surface area contributed by atoms with E-state index < -0.39 is 10.0 Å². The molecule has 0 aliphatic rings. The summed E-state index contributed by atoms with van der Waals surface area (Å²) in [6, 6.07) is 6.58. The first-order valence-electron chi connectivity index (χ1n) is 6.02. The van der Waals surface area contributed by atoms with Crippen LogP contribution in [-0.2, 0) is 20.6 Å². The Morgan fingerprint density at radius 3 is 2.80 bits per heavy atom. The van der Waals surface area contributed by atoms with Crippen molar-refractivity contribution in [3.63, 3.8) is 0 Å². The second-order valence-electron chi connectivity index (χ2n) is 4.08. The predicted molar refractivity (Wildman–Crippen MR) is 79.9 cm³/mol. The third-order valence-electron chi connectivity index (χ3n) is 2.35. The summed E-state index contributed by atoms with van der Waals surface area (Å²) in [4.78, 5) is 11.4. The zero-order valence-corrected chi connectivity index (χ0v) is 12.7. The highest BCUT2D eigenvalue weighted by molar-refractivity contribution is 7.88. The Labute approximate surface area is 124 Å². The summed E-state index contributed by atoms with van der Waals surface area (Å²) in [7, 11) is -3.56. The van der Waals surface area contributed by atoms with Crippen molar-refractivity contribution in [1.82, 2.24) is 10.0 Å². The van der Waals surface area contributed by atoms with E-state index in [0.717, 1.165) is 0 Å². The Bertz CT molecular complexity index is 585. The minimum absolute atomic E-state index is 0.213. The van der Waals surface area contributed by atoms with Gasteiger partial charge in [0.25, 0.3) is 0 Å². The van der Waals surface area contributed by atoms with Gasteiger partial charge >= 0.3 is 0 Å². The average Bonchev–Trinajstić information content (AvgIpc) is 2.36. The quantitative estimate of drug-likeness (QED) is 0.748. The molecule has 0 heterocycles. The first kappa shape index (κ1) is 16.7. The molecule has 0 saturated carbocycles. The number of amides is 1. The van der Waals surface area contributed by atoms with Crippen molar-refractivity contribution in [3.05, 3.63) is 47.0 Å². The Kier molecular flexibility index (Phi) is 6.70. The number of benzene rings is 1. The van der Waals surface area contributed by atoms with Gasteiger partial charge in [0, 0.05) is 11.6 Å². The van der Waals surface area contributed by atoms with Crippen LogP contribution in [0.2, 0.25) is 5.02 Å². The van der Waals surface area contributed by atoms with Gasteiger partial charge in [-0.2, -0.15) is 0 Å². The largest absolute Gasteiger partial charge is 0.351 e. The minimum atomic E-state index is -3.56. The number of carbonyl (C=O) groups excluding carboxylic acids is 1. The zero-order valence-electron chi connectivity index (χ0n) is 11.1. The molecule has 1 amide bonds. The predicted octanol–water partition coefficient (Wildman–Crippen LogP) is 1.45. The molecule has 7 heteroatoms. The number of rotatable bonds is 7. The van der Waals surface area contributed by atoms with Gasteiger partial charge in [0.1, 0.15) is 0 Å². The fourth-order valence-electron chi connectivity index (χ4n) is 1.43. The molecule has 0 aromatic heterocycles. The van der Waals surface area contributed by atoms with Crippen molar-refractivity contribution in [3.8, 4) is 0 Å². The van der Waals surface area contributed by atoms with Gasteiger partial charge in [0.2, 0.25) is 15.9 Å². The SMILES string of the molecule is CC=CCNC(=O)CNS(=O)(=O)Cc1cccc(Cl)c1. The summed E-state index contributed by atoms with van der Waals surface area (Å²) in [5.41, 5.74) is 0.569. The van der Waals surface area contributed by atoms with Gasteiger partial charge in [-0.15, -0.1) is 0 Å². The molecule has 1 aromatic carbocycles. The first-order valence-corrected chi connectivity index (χ1v) is 8.05. The van der Waals surface area contributed by atoms with Crippen LogP contribution < -0.4 is 10.0 Å². The molecule has 110 valence electrons. The van der Waals surface area contributed by atoms with E-state index in [9.17, 15) is 13.2 Å². The minimum Gasteiger partial charge on any atom is -0.351 e. The van der Waals surface area contributed by atoms with E-state index in [0.29, 0.717) is 17.1 Å². The van der Waals surface area contributed by atoms with E-state index in [1.165, 1.54) is 0 Å². The lowest BCUT2D eigenvalue weighted by atomic mass is 10.2. The summed E-state index contributed by atoms with van der Waals surface area (Å²) < 4.78 is 25.8. The highest BCUT2D eigenvalue weighted by Crippen LogP contribution is 2.12. The first-order chi connectivity index (χ1) is 9.43. The van der Waals surface area contributed by atoms with Crippen molar-refractivity contribution in [2.24, 2.45) is 0 Å². The number of sulfonamides is 1. The molecule has 5 nitrogen and oxygen atoms in total. The van der Waals surface area contributed by atoms with Gasteiger partial charge < -0.3 is 5.32 Å². The fraction of sp³-hybridized carbons (Fsp3) is 0.308.